The molecule has 0 saturated carbocycles. The molecule has 0 aliphatic heterocycles. The van der Waals surface area contributed by atoms with E-state index in [1.165, 1.54) is 0 Å². The lowest BCUT2D eigenvalue weighted by molar-refractivity contribution is 0.415. The number of hydrogen-bond acceptors (Lipinski definition) is 3. The molecule has 1 heterocycles. The third kappa shape index (κ3) is 1.58. The van der Waals surface area contributed by atoms with Gasteiger partial charge < -0.3 is 4.74 Å². The van der Waals surface area contributed by atoms with Crippen molar-refractivity contribution < 1.29 is 4.74 Å². The minimum absolute atomic E-state index is 0.419. The van der Waals surface area contributed by atoms with E-state index in [1.807, 2.05) is 12.1 Å². The number of hydrogen-bond donors (Lipinski definition) is 0. The lowest BCUT2D eigenvalue weighted by Gasteiger charge is -2.06. The number of rotatable bonds is 1. The zero-order valence-electron chi connectivity index (χ0n) is 8.91. The van der Waals surface area contributed by atoms with Gasteiger partial charge in [-0.3, -0.25) is 4.98 Å². The van der Waals surface area contributed by atoms with Crippen molar-refractivity contribution in [3.05, 3.63) is 34.5 Å². The summed E-state index contributed by atoms with van der Waals surface area (Å²) < 4.78 is 5.11. The van der Waals surface area contributed by atoms with E-state index < -0.39 is 0 Å². The van der Waals surface area contributed by atoms with E-state index in [0.29, 0.717) is 22.0 Å². The molecule has 0 fully saturated rings. The second-order valence-electron chi connectivity index (χ2n) is 3.38. The van der Waals surface area contributed by atoms with Crippen LogP contribution in [-0.2, 0) is 0 Å². The van der Waals surface area contributed by atoms with E-state index >= 15 is 0 Å². The first kappa shape index (κ1) is 10.7. The zero-order valence-corrected chi connectivity index (χ0v) is 9.67. The number of aromatic nitrogens is 1. The van der Waals surface area contributed by atoms with E-state index in [0.717, 1.165) is 10.9 Å². The van der Waals surface area contributed by atoms with Gasteiger partial charge in [0.1, 0.15) is 11.8 Å². The third-order valence-electron chi connectivity index (χ3n) is 2.42. The van der Waals surface area contributed by atoms with Crippen LogP contribution >= 0.6 is 11.6 Å². The van der Waals surface area contributed by atoms with Crippen molar-refractivity contribution in [2.24, 2.45) is 0 Å². The average Bonchev–Trinajstić information content (AvgIpc) is 2.29. The predicted octanol–water partition coefficient (Wildman–Crippen LogP) is 3.08. The van der Waals surface area contributed by atoms with Gasteiger partial charge in [-0.05, 0) is 25.1 Å². The summed E-state index contributed by atoms with van der Waals surface area (Å²) >= 11 is 6.16. The minimum Gasteiger partial charge on any atom is -0.497 e. The molecule has 1 aromatic carbocycles. The largest absolute Gasteiger partial charge is 0.497 e. The smallest absolute Gasteiger partial charge is 0.119 e. The van der Waals surface area contributed by atoms with Gasteiger partial charge in [-0.2, -0.15) is 5.26 Å². The monoisotopic (exact) mass is 232 g/mol. The SMILES string of the molecule is COc1ccc2nc(C)c(C#N)c(Cl)c2c1. The number of aryl methyl sites for hydroxylation is 1. The van der Waals surface area contributed by atoms with Gasteiger partial charge in [-0.1, -0.05) is 11.6 Å². The molecule has 0 spiro atoms. The summed E-state index contributed by atoms with van der Waals surface area (Å²) in [5.41, 5.74) is 1.83. The van der Waals surface area contributed by atoms with Gasteiger partial charge in [0.05, 0.1) is 28.9 Å². The first-order valence-electron chi connectivity index (χ1n) is 4.71. The fraction of sp³-hybridized carbons (Fsp3) is 0.167. The Hall–Kier alpha value is -1.79. The van der Waals surface area contributed by atoms with Crippen LogP contribution in [0.15, 0.2) is 18.2 Å². The summed E-state index contributed by atoms with van der Waals surface area (Å²) in [6.45, 7) is 1.77. The predicted molar refractivity (Wildman–Crippen MR) is 62.8 cm³/mol. The topological polar surface area (TPSA) is 45.9 Å². The van der Waals surface area contributed by atoms with Crippen LogP contribution in [0, 0.1) is 18.3 Å². The zero-order chi connectivity index (χ0) is 11.7. The van der Waals surface area contributed by atoms with Crippen molar-refractivity contribution in [2.75, 3.05) is 7.11 Å². The summed E-state index contributed by atoms with van der Waals surface area (Å²) in [5.74, 6) is 0.698. The second-order valence-corrected chi connectivity index (χ2v) is 3.76. The summed E-state index contributed by atoms with van der Waals surface area (Å²) in [5, 5.41) is 10.2. The van der Waals surface area contributed by atoms with Crippen LogP contribution in [0.1, 0.15) is 11.3 Å². The summed E-state index contributed by atoms with van der Waals surface area (Å²) in [6.07, 6.45) is 0. The fourth-order valence-electron chi connectivity index (χ4n) is 1.58. The van der Waals surface area contributed by atoms with Gasteiger partial charge >= 0.3 is 0 Å². The highest BCUT2D eigenvalue weighted by atomic mass is 35.5. The number of pyridine rings is 1. The lowest BCUT2D eigenvalue weighted by Crippen LogP contribution is -1.92. The molecule has 0 aliphatic rings. The molecule has 0 unspecified atom stereocenters. The Morgan fingerprint density at radius 1 is 1.44 bits per heavy atom. The quantitative estimate of drug-likeness (QED) is 0.759. The first-order chi connectivity index (χ1) is 7.67. The van der Waals surface area contributed by atoms with Crippen LogP contribution in [0.2, 0.25) is 5.02 Å². The molecule has 2 aromatic rings. The molecule has 2 rings (SSSR count). The Bertz CT molecular complexity index is 602. The Kier molecular flexibility index (Phi) is 2.67. The van der Waals surface area contributed by atoms with Gasteiger partial charge in [-0.25, -0.2) is 0 Å². The van der Waals surface area contributed by atoms with Crippen LogP contribution in [0.5, 0.6) is 5.75 Å². The van der Waals surface area contributed by atoms with Crippen LogP contribution in [0.3, 0.4) is 0 Å². The number of methoxy groups -OCH3 is 1. The molecule has 4 heteroatoms. The molecule has 0 N–H and O–H groups in total. The van der Waals surface area contributed by atoms with Gasteiger partial charge in [0.25, 0.3) is 0 Å². The standard InChI is InChI=1S/C12H9ClN2O/c1-7-10(6-14)12(13)9-5-8(16-2)3-4-11(9)15-7/h3-5H,1-2H3. The van der Waals surface area contributed by atoms with E-state index in [4.69, 9.17) is 21.6 Å². The highest BCUT2D eigenvalue weighted by molar-refractivity contribution is 6.36. The van der Waals surface area contributed by atoms with E-state index in [2.05, 4.69) is 11.1 Å². The number of nitriles is 1. The highest BCUT2D eigenvalue weighted by Gasteiger charge is 2.10. The Balaban J connectivity index is 2.85. The van der Waals surface area contributed by atoms with E-state index in [-0.39, 0.29) is 0 Å². The highest BCUT2D eigenvalue weighted by Crippen LogP contribution is 2.30. The Labute approximate surface area is 98.2 Å². The van der Waals surface area contributed by atoms with Crippen LogP contribution in [0.25, 0.3) is 10.9 Å². The average molecular weight is 233 g/mol. The maximum atomic E-state index is 8.98. The summed E-state index contributed by atoms with van der Waals surface area (Å²) in [6, 6.07) is 7.48. The van der Waals surface area contributed by atoms with E-state index in [9.17, 15) is 0 Å². The molecular formula is C12H9ClN2O. The molecule has 0 bridgehead atoms. The molecule has 0 aliphatic carbocycles. The summed E-state index contributed by atoms with van der Waals surface area (Å²) in [7, 11) is 1.59. The van der Waals surface area contributed by atoms with Crippen molar-refractivity contribution >= 4 is 22.5 Å². The first-order valence-corrected chi connectivity index (χ1v) is 5.09. The van der Waals surface area contributed by atoms with Crippen LogP contribution < -0.4 is 4.74 Å². The maximum Gasteiger partial charge on any atom is 0.119 e. The Morgan fingerprint density at radius 2 is 2.19 bits per heavy atom. The number of benzene rings is 1. The Morgan fingerprint density at radius 3 is 2.81 bits per heavy atom. The minimum atomic E-state index is 0.419. The third-order valence-corrected chi connectivity index (χ3v) is 2.81. The molecule has 80 valence electrons. The number of ether oxygens (including phenoxy) is 1. The van der Waals surface area contributed by atoms with Gasteiger partial charge in [-0.15, -0.1) is 0 Å². The van der Waals surface area contributed by atoms with Gasteiger partial charge in [0.15, 0.2) is 0 Å². The van der Waals surface area contributed by atoms with Gasteiger partial charge in [0.2, 0.25) is 0 Å². The molecule has 0 radical (unpaired) electrons. The number of halogens is 1. The van der Waals surface area contributed by atoms with Crippen molar-refractivity contribution in [1.29, 1.82) is 5.26 Å². The van der Waals surface area contributed by atoms with Gasteiger partial charge in [0, 0.05) is 5.39 Å². The molecule has 0 saturated heterocycles. The second kappa shape index (κ2) is 3.99. The molecule has 1 aromatic heterocycles. The lowest BCUT2D eigenvalue weighted by atomic mass is 10.1. The summed E-state index contributed by atoms with van der Waals surface area (Å²) in [4.78, 5) is 4.32. The maximum absolute atomic E-state index is 8.98. The molecule has 16 heavy (non-hydrogen) atoms. The normalized spacial score (nSPS) is 10.1. The van der Waals surface area contributed by atoms with Crippen molar-refractivity contribution in [1.82, 2.24) is 4.98 Å². The number of fused-ring (bicyclic) bond motifs is 1. The van der Waals surface area contributed by atoms with E-state index in [1.54, 1.807) is 20.1 Å². The molecular weight excluding hydrogens is 224 g/mol. The van der Waals surface area contributed by atoms with Crippen molar-refractivity contribution in [2.45, 2.75) is 6.92 Å². The molecule has 0 atom stereocenters. The van der Waals surface area contributed by atoms with Crippen LogP contribution in [-0.4, -0.2) is 12.1 Å². The number of nitrogens with zero attached hydrogens (tertiary/aromatic N) is 2. The molecule has 3 nitrogen and oxygen atoms in total. The van der Waals surface area contributed by atoms with Crippen molar-refractivity contribution in [3.63, 3.8) is 0 Å². The molecule has 0 amide bonds. The van der Waals surface area contributed by atoms with Crippen molar-refractivity contribution in [3.8, 4) is 11.8 Å². The van der Waals surface area contributed by atoms with Crippen LogP contribution in [0.4, 0.5) is 0 Å². The fourth-order valence-corrected chi connectivity index (χ4v) is 1.91.